The molecule has 2 N–H and O–H groups in total. The predicted molar refractivity (Wildman–Crippen MR) is 115 cm³/mol. The Morgan fingerprint density at radius 1 is 1.24 bits per heavy atom. The minimum atomic E-state index is -0.403. The van der Waals surface area contributed by atoms with Crippen LogP contribution in [0.15, 0.2) is 58.5 Å². The van der Waals surface area contributed by atoms with Crippen LogP contribution in [0.3, 0.4) is 0 Å². The zero-order valence-electron chi connectivity index (χ0n) is 16.3. The molecule has 0 aliphatic heterocycles. The van der Waals surface area contributed by atoms with Crippen LogP contribution in [-0.4, -0.2) is 40.0 Å². The lowest BCUT2D eigenvalue weighted by molar-refractivity contribution is -0.113. The molecule has 3 aromatic rings. The molecule has 2 aromatic carbocycles. The summed E-state index contributed by atoms with van der Waals surface area (Å²) in [5, 5.41) is 13.4. The highest BCUT2D eigenvalue weighted by atomic mass is 32.2. The molecule has 0 aliphatic carbocycles. The largest absolute Gasteiger partial charge is 0.495 e. The average molecular weight is 413 g/mol. The standard InChI is InChI=1S/C21H23N3O4S/c1-3-14(12-25)24-20(27)15-8-4-5-9-16(15)23-21(24)29-13-19(26)22-17-10-6-7-11-18(17)28-2/h4-11,14,25H,3,12-13H2,1-2H3,(H,22,26)/t14-/m0/s1. The summed E-state index contributed by atoms with van der Waals surface area (Å²) in [6.45, 7) is 1.71. The van der Waals surface area contributed by atoms with Crippen LogP contribution >= 0.6 is 11.8 Å². The summed E-state index contributed by atoms with van der Waals surface area (Å²) in [6.07, 6.45) is 0.567. The number of nitrogens with one attached hydrogen (secondary N) is 1. The number of benzene rings is 2. The molecule has 0 saturated carbocycles. The van der Waals surface area contributed by atoms with Gasteiger partial charge in [-0.05, 0) is 30.7 Å². The molecular formula is C21H23N3O4S. The Morgan fingerprint density at radius 3 is 2.69 bits per heavy atom. The molecule has 1 atom stereocenters. The van der Waals surface area contributed by atoms with Gasteiger partial charge in [0.2, 0.25) is 5.91 Å². The van der Waals surface area contributed by atoms with Crippen LogP contribution in [0, 0.1) is 0 Å². The lowest BCUT2D eigenvalue weighted by Gasteiger charge is -2.20. The summed E-state index contributed by atoms with van der Waals surface area (Å²) >= 11 is 1.16. The summed E-state index contributed by atoms with van der Waals surface area (Å²) in [4.78, 5) is 30.1. The van der Waals surface area contributed by atoms with Gasteiger partial charge in [-0.15, -0.1) is 0 Å². The van der Waals surface area contributed by atoms with E-state index in [1.54, 1.807) is 36.4 Å². The molecule has 0 spiro atoms. The fraction of sp³-hybridized carbons (Fsp3) is 0.286. The monoisotopic (exact) mass is 413 g/mol. The van der Waals surface area contributed by atoms with E-state index in [9.17, 15) is 14.7 Å². The predicted octanol–water partition coefficient (Wildman–Crippen LogP) is 3.08. The molecule has 1 heterocycles. The number of anilines is 1. The highest BCUT2D eigenvalue weighted by Crippen LogP contribution is 2.25. The van der Waals surface area contributed by atoms with Gasteiger partial charge >= 0.3 is 0 Å². The van der Waals surface area contributed by atoms with E-state index in [1.807, 2.05) is 19.1 Å². The topological polar surface area (TPSA) is 93.5 Å². The molecule has 1 amide bonds. The maximum atomic E-state index is 13.0. The number of carbonyl (C=O) groups excluding carboxylic acids is 1. The van der Waals surface area contributed by atoms with Gasteiger partial charge in [0.1, 0.15) is 5.75 Å². The maximum absolute atomic E-state index is 13.0. The van der Waals surface area contributed by atoms with Crippen LogP contribution in [0.1, 0.15) is 19.4 Å². The van der Waals surface area contributed by atoms with E-state index in [0.29, 0.717) is 33.9 Å². The van der Waals surface area contributed by atoms with Crippen molar-refractivity contribution in [2.45, 2.75) is 24.5 Å². The lowest BCUT2D eigenvalue weighted by Crippen LogP contribution is -2.29. The Kier molecular flexibility index (Phi) is 6.90. The highest BCUT2D eigenvalue weighted by molar-refractivity contribution is 7.99. The van der Waals surface area contributed by atoms with E-state index in [1.165, 1.54) is 11.7 Å². The number of carbonyl (C=O) groups is 1. The second-order valence-electron chi connectivity index (χ2n) is 6.37. The Bertz CT molecular complexity index is 1060. The first-order valence-corrected chi connectivity index (χ1v) is 10.2. The summed E-state index contributed by atoms with van der Waals surface area (Å²) < 4.78 is 6.73. The molecule has 0 unspecified atom stereocenters. The normalized spacial score (nSPS) is 12.0. The van der Waals surface area contributed by atoms with Gasteiger partial charge in [0, 0.05) is 0 Å². The van der Waals surface area contributed by atoms with Gasteiger partial charge in [-0.2, -0.15) is 0 Å². The van der Waals surface area contributed by atoms with Crippen molar-refractivity contribution < 1.29 is 14.6 Å². The molecule has 29 heavy (non-hydrogen) atoms. The number of fused-ring (bicyclic) bond motifs is 1. The number of hydrogen-bond acceptors (Lipinski definition) is 6. The summed E-state index contributed by atoms with van der Waals surface area (Å²) in [6, 6.07) is 13.8. The van der Waals surface area contributed by atoms with Crippen molar-refractivity contribution in [3.8, 4) is 5.75 Å². The molecule has 0 aliphatic rings. The number of methoxy groups -OCH3 is 1. The van der Waals surface area contributed by atoms with Crippen LogP contribution in [0.5, 0.6) is 5.75 Å². The molecular weight excluding hydrogens is 390 g/mol. The number of rotatable bonds is 8. The number of thioether (sulfide) groups is 1. The highest BCUT2D eigenvalue weighted by Gasteiger charge is 2.19. The van der Waals surface area contributed by atoms with Gasteiger partial charge in [-0.1, -0.05) is 43.0 Å². The van der Waals surface area contributed by atoms with Gasteiger partial charge in [0.05, 0.1) is 42.1 Å². The number of amides is 1. The van der Waals surface area contributed by atoms with Crippen molar-refractivity contribution in [1.82, 2.24) is 9.55 Å². The van der Waals surface area contributed by atoms with Crippen LogP contribution in [-0.2, 0) is 4.79 Å². The van der Waals surface area contributed by atoms with Crippen LogP contribution in [0.2, 0.25) is 0 Å². The van der Waals surface area contributed by atoms with E-state index in [4.69, 9.17) is 4.74 Å². The molecule has 0 fully saturated rings. The molecule has 3 rings (SSSR count). The smallest absolute Gasteiger partial charge is 0.262 e. The van der Waals surface area contributed by atoms with E-state index < -0.39 is 6.04 Å². The van der Waals surface area contributed by atoms with Gasteiger partial charge < -0.3 is 15.2 Å². The third-order valence-corrected chi connectivity index (χ3v) is 5.49. The number of hydrogen-bond donors (Lipinski definition) is 2. The van der Waals surface area contributed by atoms with Crippen molar-refractivity contribution in [2.24, 2.45) is 0 Å². The van der Waals surface area contributed by atoms with Gasteiger partial charge in [-0.25, -0.2) is 4.98 Å². The Morgan fingerprint density at radius 2 is 1.97 bits per heavy atom. The third kappa shape index (κ3) is 4.60. The van der Waals surface area contributed by atoms with Crippen molar-refractivity contribution in [2.75, 3.05) is 24.8 Å². The molecule has 0 saturated heterocycles. The SMILES string of the molecule is CC[C@@H](CO)n1c(SCC(=O)Nc2ccccc2OC)nc2ccccc2c1=O. The molecule has 0 bridgehead atoms. The van der Waals surface area contributed by atoms with E-state index in [2.05, 4.69) is 10.3 Å². The number of aliphatic hydroxyl groups is 1. The second-order valence-corrected chi connectivity index (χ2v) is 7.31. The fourth-order valence-corrected chi connectivity index (χ4v) is 3.87. The maximum Gasteiger partial charge on any atom is 0.262 e. The first-order chi connectivity index (χ1) is 14.1. The zero-order valence-corrected chi connectivity index (χ0v) is 17.1. The first-order valence-electron chi connectivity index (χ1n) is 9.26. The van der Waals surface area contributed by atoms with E-state index >= 15 is 0 Å². The molecule has 152 valence electrons. The molecule has 7 nitrogen and oxygen atoms in total. The Balaban J connectivity index is 1.88. The molecule has 1 aromatic heterocycles. The summed E-state index contributed by atoms with van der Waals surface area (Å²) in [7, 11) is 1.54. The van der Waals surface area contributed by atoms with E-state index in [-0.39, 0.29) is 23.8 Å². The van der Waals surface area contributed by atoms with E-state index in [0.717, 1.165) is 11.8 Å². The minimum absolute atomic E-state index is 0.0602. The quantitative estimate of drug-likeness (QED) is 0.435. The van der Waals surface area contributed by atoms with Crippen molar-refractivity contribution in [3.63, 3.8) is 0 Å². The van der Waals surface area contributed by atoms with Gasteiger partial charge in [-0.3, -0.25) is 14.2 Å². The molecule has 8 heteroatoms. The first kappa shape index (κ1) is 20.9. The van der Waals surface area contributed by atoms with Crippen LogP contribution < -0.4 is 15.6 Å². The summed E-state index contributed by atoms with van der Waals surface area (Å²) in [5.74, 6) is 0.383. The Labute approximate surface area is 172 Å². The third-order valence-electron chi connectivity index (χ3n) is 4.54. The number of aromatic nitrogens is 2. The van der Waals surface area contributed by atoms with Crippen molar-refractivity contribution >= 4 is 34.3 Å². The lowest BCUT2D eigenvalue weighted by atomic mass is 10.2. The number of aliphatic hydroxyl groups excluding tert-OH is 1. The van der Waals surface area contributed by atoms with Crippen LogP contribution in [0.4, 0.5) is 5.69 Å². The average Bonchev–Trinajstić information content (AvgIpc) is 2.75. The van der Waals surface area contributed by atoms with Gasteiger partial charge in [0.25, 0.3) is 5.56 Å². The number of ether oxygens (including phenoxy) is 1. The number of nitrogens with zero attached hydrogens (tertiary/aromatic N) is 2. The zero-order chi connectivity index (χ0) is 20.8. The second kappa shape index (κ2) is 9.58. The van der Waals surface area contributed by atoms with Crippen molar-refractivity contribution in [1.29, 1.82) is 0 Å². The van der Waals surface area contributed by atoms with Gasteiger partial charge in [0.15, 0.2) is 5.16 Å². The summed E-state index contributed by atoms with van der Waals surface area (Å²) in [5.41, 5.74) is 0.921. The van der Waals surface area contributed by atoms with Crippen molar-refractivity contribution in [3.05, 3.63) is 58.9 Å². The fourth-order valence-electron chi connectivity index (χ4n) is 3.01. The minimum Gasteiger partial charge on any atom is -0.495 e. The molecule has 0 radical (unpaired) electrons. The Hall–Kier alpha value is -2.84. The number of para-hydroxylation sites is 3. The van der Waals surface area contributed by atoms with Crippen LogP contribution in [0.25, 0.3) is 10.9 Å².